The van der Waals surface area contributed by atoms with Gasteiger partial charge in [0.1, 0.15) is 5.60 Å². The highest BCUT2D eigenvalue weighted by molar-refractivity contribution is 5.69. The lowest BCUT2D eigenvalue weighted by Gasteiger charge is -2.32. The molecule has 0 aromatic rings. The van der Waals surface area contributed by atoms with E-state index in [0.29, 0.717) is 24.9 Å². The molecule has 1 amide bonds. The first-order valence-corrected chi connectivity index (χ1v) is 8.45. The van der Waals surface area contributed by atoms with E-state index in [1.54, 1.807) is 0 Å². The average Bonchev–Trinajstić information content (AvgIpc) is 2.96. The molecule has 2 rings (SSSR count). The molecule has 0 aromatic heterocycles. The van der Waals surface area contributed by atoms with E-state index in [1.165, 1.54) is 6.42 Å². The third-order valence-electron chi connectivity index (χ3n) is 4.66. The van der Waals surface area contributed by atoms with Crippen molar-refractivity contribution in [2.24, 2.45) is 17.8 Å². The van der Waals surface area contributed by atoms with E-state index in [2.05, 4.69) is 5.32 Å². The minimum absolute atomic E-state index is 0.0722. The van der Waals surface area contributed by atoms with E-state index in [1.807, 2.05) is 27.7 Å². The summed E-state index contributed by atoms with van der Waals surface area (Å²) in [6.07, 6.45) is 4.34. The molecule has 0 heterocycles. The Morgan fingerprint density at radius 3 is 2.50 bits per heavy atom. The van der Waals surface area contributed by atoms with Crippen molar-refractivity contribution in [2.75, 3.05) is 6.61 Å². The predicted octanol–water partition coefficient (Wildman–Crippen LogP) is 3.27. The number of ether oxygens (including phenoxy) is 2. The summed E-state index contributed by atoms with van der Waals surface area (Å²) in [5.41, 5.74) is -0.495. The second-order valence-electron chi connectivity index (χ2n) is 7.60. The lowest BCUT2D eigenvalue weighted by molar-refractivity contribution is -0.145. The Balaban J connectivity index is 1.90. The summed E-state index contributed by atoms with van der Waals surface area (Å²) in [4.78, 5) is 23.6. The highest BCUT2D eigenvalue weighted by Crippen LogP contribution is 2.48. The fraction of sp³-hybridized carbons (Fsp3) is 0.882. The SMILES string of the molecule is CCCC(=O)OC[C@@H]1[C@H]2CC[C@H](C2)[C@@H]1NC(=O)OC(C)(C)C. The van der Waals surface area contributed by atoms with Gasteiger partial charge in [0.05, 0.1) is 6.61 Å². The molecule has 2 fully saturated rings. The Labute approximate surface area is 133 Å². The first-order chi connectivity index (χ1) is 10.3. The zero-order chi connectivity index (χ0) is 16.3. The Bertz CT molecular complexity index is 415. The van der Waals surface area contributed by atoms with Crippen molar-refractivity contribution >= 4 is 12.1 Å². The molecular weight excluding hydrogens is 282 g/mol. The van der Waals surface area contributed by atoms with Crippen molar-refractivity contribution in [3.8, 4) is 0 Å². The van der Waals surface area contributed by atoms with Crippen molar-refractivity contribution in [1.29, 1.82) is 0 Å². The van der Waals surface area contributed by atoms with Crippen LogP contribution in [0.2, 0.25) is 0 Å². The Morgan fingerprint density at radius 2 is 1.86 bits per heavy atom. The maximum atomic E-state index is 12.0. The van der Waals surface area contributed by atoms with E-state index >= 15 is 0 Å². The van der Waals surface area contributed by atoms with Crippen LogP contribution in [0.3, 0.4) is 0 Å². The average molecular weight is 311 g/mol. The second kappa shape index (κ2) is 6.88. The minimum Gasteiger partial charge on any atom is -0.465 e. The number of hydrogen-bond acceptors (Lipinski definition) is 4. The second-order valence-corrected chi connectivity index (χ2v) is 7.60. The third kappa shape index (κ3) is 4.37. The number of carbonyl (C=O) groups excluding carboxylic acids is 2. The largest absolute Gasteiger partial charge is 0.465 e. The van der Waals surface area contributed by atoms with Gasteiger partial charge in [0, 0.05) is 18.4 Å². The number of hydrogen-bond donors (Lipinski definition) is 1. The molecule has 0 aromatic carbocycles. The lowest BCUT2D eigenvalue weighted by atomic mass is 9.85. The van der Waals surface area contributed by atoms with Crippen molar-refractivity contribution in [1.82, 2.24) is 5.32 Å². The van der Waals surface area contributed by atoms with Crippen LogP contribution in [0, 0.1) is 17.8 Å². The molecule has 2 bridgehead atoms. The molecule has 5 nitrogen and oxygen atoms in total. The van der Waals surface area contributed by atoms with Gasteiger partial charge < -0.3 is 14.8 Å². The quantitative estimate of drug-likeness (QED) is 0.791. The van der Waals surface area contributed by atoms with Crippen LogP contribution < -0.4 is 5.32 Å². The summed E-state index contributed by atoms with van der Waals surface area (Å²) in [5.74, 6) is 1.14. The number of amides is 1. The number of carbonyl (C=O) groups is 2. The molecule has 126 valence electrons. The summed E-state index contributed by atoms with van der Waals surface area (Å²) < 4.78 is 10.8. The molecule has 0 aliphatic heterocycles. The van der Waals surface area contributed by atoms with Gasteiger partial charge in [-0.3, -0.25) is 4.79 Å². The molecule has 4 atom stereocenters. The van der Waals surface area contributed by atoms with Crippen LogP contribution in [0.1, 0.15) is 59.8 Å². The van der Waals surface area contributed by atoms with Crippen LogP contribution in [-0.2, 0) is 14.3 Å². The van der Waals surface area contributed by atoms with E-state index in [9.17, 15) is 9.59 Å². The highest BCUT2D eigenvalue weighted by atomic mass is 16.6. The summed E-state index contributed by atoms with van der Waals surface area (Å²) in [7, 11) is 0. The number of fused-ring (bicyclic) bond motifs is 2. The minimum atomic E-state index is -0.495. The monoisotopic (exact) mass is 311 g/mol. The smallest absolute Gasteiger partial charge is 0.407 e. The van der Waals surface area contributed by atoms with Gasteiger partial charge in [0.15, 0.2) is 0 Å². The summed E-state index contributed by atoms with van der Waals surface area (Å²) in [6, 6.07) is 0.0722. The molecule has 5 heteroatoms. The van der Waals surface area contributed by atoms with Crippen LogP contribution in [0.15, 0.2) is 0 Å². The van der Waals surface area contributed by atoms with Gasteiger partial charge in [-0.05, 0) is 58.3 Å². The molecule has 22 heavy (non-hydrogen) atoms. The molecule has 2 aliphatic carbocycles. The molecule has 0 saturated heterocycles. The summed E-state index contributed by atoms with van der Waals surface area (Å²) in [5, 5.41) is 3.02. The molecule has 1 N–H and O–H groups in total. The maximum absolute atomic E-state index is 12.0. The van der Waals surface area contributed by atoms with Crippen molar-refractivity contribution in [3.63, 3.8) is 0 Å². The van der Waals surface area contributed by atoms with Crippen LogP contribution >= 0.6 is 0 Å². The van der Waals surface area contributed by atoms with Crippen molar-refractivity contribution < 1.29 is 19.1 Å². The Morgan fingerprint density at radius 1 is 1.18 bits per heavy atom. The molecule has 2 saturated carbocycles. The number of nitrogens with one attached hydrogen (secondary N) is 1. The highest BCUT2D eigenvalue weighted by Gasteiger charge is 2.48. The molecule has 0 spiro atoms. The van der Waals surface area contributed by atoms with Crippen LogP contribution in [0.5, 0.6) is 0 Å². The molecule has 0 unspecified atom stereocenters. The Kier molecular flexibility index (Phi) is 5.35. The number of rotatable bonds is 5. The normalized spacial score (nSPS) is 30.2. The first kappa shape index (κ1) is 17.1. The maximum Gasteiger partial charge on any atom is 0.407 e. The van der Waals surface area contributed by atoms with Gasteiger partial charge in [-0.25, -0.2) is 4.79 Å². The first-order valence-electron chi connectivity index (χ1n) is 8.45. The summed E-state index contributed by atoms with van der Waals surface area (Å²) in [6.45, 7) is 7.96. The topological polar surface area (TPSA) is 64.6 Å². The van der Waals surface area contributed by atoms with Gasteiger partial charge in [-0.15, -0.1) is 0 Å². The number of esters is 1. The zero-order valence-corrected chi connectivity index (χ0v) is 14.2. The van der Waals surface area contributed by atoms with Crippen molar-refractivity contribution in [3.05, 3.63) is 0 Å². The van der Waals surface area contributed by atoms with Gasteiger partial charge >= 0.3 is 12.1 Å². The van der Waals surface area contributed by atoms with Crippen LogP contribution in [0.25, 0.3) is 0 Å². The zero-order valence-electron chi connectivity index (χ0n) is 14.2. The van der Waals surface area contributed by atoms with E-state index in [-0.39, 0.29) is 24.0 Å². The van der Waals surface area contributed by atoms with Gasteiger partial charge in [-0.1, -0.05) is 6.92 Å². The standard InChI is InChI=1S/C17H29NO4/c1-5-6-14(19)21-10-13-11-7-8-12(9-11)15(13)18-16(20)22-17(2,3)4/h11-13,15H,5-10H2,1-4H3,(H,18,20)/t11-,12+,13+,15-/m0/s1. The Hall–Kier alpha value is -1.26. The van der Waals surface area contributed by atoms with E-state index in [4.69, 9.17) is 9.47 Å². The fourth-order valence-electron chi connectivity index (χ4n) is 3.78. The molecule has 0 radical (unpaired) electrons. The van der Waals surface area contributed by atoms with Gasteiger partial charge in [0.2, 0.25) is 0 Å². The number of alkyl carbamates (subject to hydrolysis) is 1. The molecule has 2 aliphatic rings. The third-order valence-corrected chi connectivity index (χ3v) is 4.66. The van der Waals surface area contributed by atoms with Crippen LogP contribution in [-0.4, -0.2) is 30.3 Å². The van der Waals surface area contributed by atoms with Gasteiger partial charge in [0.25, 0.3) is 0 Å². The fourth-order valence-corrected chi connectivity index (χ4v) is 3.78. The van der Waals surface area contributed by atoms with Crippen molar-refractivity contribution in [2.45, 2.75) is 71.4 Å². The molecular formula is C17H29NO4. The summed E-state index contributed by atoms with van der Waals surface area (Å²) >= 11 is 0. The lowest BCUT2D eigenvalue weighted by Crippen LogP contribution is -2.47. The van der Waals surface area contributed by atoms with Gasteiger partial charge in [-0.2, -0.15) is 0 Å². The van der Waals surface area contributed by atoms with E-state index in [0.717, 1.165) is 19.3 Å². The van der Waals surface area contributed by atoms with E-state index < -0.39 is 5.60 Å². The predicted molar refractivity (Wildman–Crippen MR) is 83.3 cm³/mol. The van der Waals surface area contributed by atoms with Crippen LogP contribution in [0.4, 0.5) is 4.79 Å².